The Kier molecular flexibility index (Phi) is 6.58. The van der Waals surface area contributed by atoms with Crippen LogP contribution in [-0.4, -0.2) is 44.9 Å². The van der Waals surface area contributed by atoms with Crippen molar-refractivity contribution < 1.29 is 44.6 Å². The van der Waals surface area contributed by atoms with Gasteiger partial charge in [0.2, 0.25) is 0 Å². The van der Waals surface area contributed by atoms with Crippen molar-refractivity contribution in [3.05, 3.63) is 63.2 Å². The quantitative estimate of drug-likeness (QED) is 0.265. The summed E-state index contributed by atoms with van der Waals surface area (Å²) in [6.07, 6.45) is 0.178. The molecule has 9 heteroatoms. The second-order valence-corrected chi connectivity index (χ2v) is 7.85. The molecule has 0 bridgehead atoms. The lowest BCUT2D eigenvalue weighted by Crippen LogP contribution is -2.09. The molecule has 0 aromatic heterocycles. The number of hydrogen-bond donors (Lipinski definition) is 5. The van der Waals surface area contributed by atoms with Gasteiger partial charge in [0.1, 0.15) is 28.6 Å². The van der Waals surface area contributed by atoms with Crippen LogP contribution in [0.25, 0.3) is 0 Å². The fourth-order valence-electron chi connectivity index (χ4n) is 3.76. The van der Waals surface area contributed by atoms with Crippen molar-refractivity contribution in [2.75, 3.05) is 7.11 Å². The molecule has 0 fully saturated rings. The number of benzene rings is 3. The van der Waals surface area contributed by atoms with Gasteiger partial charge in [0.25, 0.3) is 0 Å². The number of carbonyl (C=O) groups excluding carboxylic acids is 2. The average molecular weight is 468 g/mol. The van der Waals surface area contributed by atoms with Crippen molar-refractivity contribution in [1.82, 2.24) is 0 Å². The molecule has 5 N–H and O–H groups in total. The van der Waals surface area contributed by atoms with E-state index in [1.165, 1.54) is 32.0 Å². The molecule has 9 nitrogen and oxygen atoms in total. The number of aromatic hydroxyl groups is 5. The first-order chi connectivity index (χ1) is 16.0. The molecule has 0 spiro atoms. The van der Waals surface area contributed by atoms with E-state index in [4.69, 9.17) is 9.47 Å². The van der Waals surface area contributed by atoms with E-state index in [9.17, 15) is 35.1 Å². The average Bonchev–Trinajstić information content (AvgIpc) is 2.74. The summed E-state index contributed by atoms with van der Waals surface area (Å²) in [5.41, 5.74) is 0.933. The van der Waals surface area contributed by atoms with Gasteiger partial charge in [0.05, 0.1) is 12.7 Å². The Morgan fingerprint density at radius 1 is 0.824 bits per heavy atom. The zero-order chi connectivity index (χ0) is 25.3. The van der Waals surface area contributed by atoms with Gasteiger partial charge in [-0.05, 0) is 55.7 Å². The normalized spacial score (nSPS) is 10.7. The van der Waals surface area contributed by atoms with Gasteiger partial charge in [-0.2, -0.15) is 0 Å². The van der Waals surface area contributed by atoms with E-state index in [1.807, 2.05) is 0 Å². The van der Waals surface area contributed by atoms with Crippen molar-refractivity contribution in [2.45, 2.75) is 27.2 Å². The number of phenols is 5. The number of carbonyl (C=O) groups is 2. The third kappa shape index (κ3) is 4.27. The lowest BCUT2D eigenvalue weighted by Gasteiger charge is -2.20. The standard InChI is InChI=1S/C25H24O9/c1-11-5-14(27)8-20(30)15(11)9-16-18(28)7-13(3)23(22(16)31)34-24-17(10-26)19(29)6-12(2)21(24)25(32)33-4/h5-8,10,27-31H,9H2,1-4H3. The highest BCUT2D eigenvalue weighted by Crippen LogP contribution is 2.46. The zero-order valence-electron chi connectivity index (χ0n) is 19.0. The van der Waals surface area contributed by atoms with E-state index < -0.39 is 17.5 Å². The van der Waals surface area contributed by atoms with Gasteiger partial charge in [-0.1, -0.05) is 0 Å². The van der Waals surface area contributed by atoms with Gasteiger partial charge < -0.3 is 35.0 Å². The minimum absolute atomic E-state index is 0.00571. The van der Waals surface area contributed by atoms with Crippen LogP contribution in [0.5, 0.6) is 40.2 Å². The molecular formula is C25H24O9. The van der Waals surface area contributed by atoms with Crippen LogP contribution in [0.3, 0.4) is 0 Å². The third-order valence-electron chi connectivity index (χ3n) is 5.52. The Labute approximate surface area is 195 Å². The zero-order valence-corrected chi connectivity index (χ0v) is 19.0. The molecule has 0 saturated heterocycles. The Balaban J connectivity index is 2.21. The fraction of sp³-hybridized carbons (Fsp3) is 0.200. The topological polar surface area (TPSA) is 154 Å². The Morgan fingerprint density at radius 2 is 1.44 bits per heavy atom. The number of esters is 1. The molecule has 0 heterocycles. The van der Waals surface area contributed by atoms with E-state index in [-0.39, 0.29) is 63.0 Å². The molecule has 0 atom stereocenters. The number of aldehydes is 1. The maximum Gasteiger partial charge on any atom is 0.341 e. The third-order valence-corrected chi connectivity index (χ3v) is 5.52. The first-order valence-corrected chi connectivity index (χ1v) is 10.1. The molecule has 0 unspecified atom stereocenters. The first-order valence-electron chi connectivity index (χ1n) is 10.1. The van der Waals surface area contributed by atoms with Gasteiger partial charge in [-0.25, -0.2) is 4.79 Å². The number of ether oxygens (including phenoxy) is 2. The highest BCUT2D eigenvalue weighted by molar-refractivity contribution is 5.99. The molecule has 0 aliphatic carbocycles. The summed E-state index contributed by atoms with van der Waals surface area (Å²) in [6.45, 7) is 4.68. The lowest BCUT2D eigenvalue weighted by atomic mass is 9.96. The van der Waals surface area contributed by atoms with Crippen molar-refractivity contribution in [3.8, 4) is 40.2 Å². The maximum absolute atomic E-state index is 12.4. The molecular weight excluding hydrogens is 444 g/mol. The summed E-state index contributed by atoms with van der Waals surface area (Å²) in [5.74, 6) is -2.93. The van der Waals surface area contributed by atoms with Crippen molar-refractivity contribution in [3.63, 3.8) is 0 Å². The number of phenolic OH excluding ortho intramolecular Hbond substituents is 5. The minimum atomic E-state index is -0.823. The molecule has 3 rings (SSSR count). The molecule has 0 aliphatic rings. The lowest BCUT2D eigenvalue weighted by molar-refractivity contribution is 0.0596. The molecule has 0 saturated carbocycles. The van der Waals surface area contributed by atoms with Crippen LogP contribution < -0.4 is 4.74 Å². The number of aryl methyl sites for hydroxylation is 3. The number of methoxy groups -OCH3 is 1. The summed E-state index contributed by atoms with van der Waals surface area (Å²) in [4.78, 5) is 24.1. The Bertz CT molecular complexity index is 1290. The highest BCUT2D eigenvalue weighted by atomic mass is 16.5. The summed E-state index contributed by atoms with van der Waals surface area (Å²) < 4.78 is 10.6. The van der Waals surface area contributed by atoms with Crippen LogP contribution in [0.4, 0.5) is 0 Å². The largest absolute Gasteiger partial charge is 0.508 e. The summed E-state index contributed by atoms with van der Waals surface area (Å²) >= 11 is 0. The highest BCUT2D eigenvalue weighted by Gasteiger charge is 2.27. The van der Waals surface area contributed by atoms with Crippen LogP contribution in [0.15, 0.2) is 24.3 Å². The van der Waals surface area contributed by atoms with Gasteiger partial charge in [-0.15, -0.1) is 0 Å². The minimum Gasteiger partial charge on any atom is -0.508 e. The molecule has 0 aliphatic heterocycles. The van der Waals surface area contributed by atoms with Crippen molar-refractivity contribution >= 4 is 12.3 Å². The molecule has 34 heavy (non-hydrogen) atoms. The fourth-order valence-corrected chi connectivity index (χ4v) is 3.76. The van der Waals surface area contributed by atoms with Crippen LogP contribution >= 0.6 is 0 Å². The van der Waals surface area contributed by atoms with E-state index >= 15 is 0 Å². The first kappa shape index (κ1) is 24.2. The van der Waals surface area contributed by atoms with Gasteiger partial charge in [0, 0.05) is 23.6 Å². The second kappa shape index (κ2) is 9.22. The summed E-state index contributed by atoms with van der Waals surface area (Å²) in [6, 6.07) is 5.08. The van der Waals surface area contributed by atoms with E-state index in [1.54, 1.807) is 6.92 Å². The van der Waals surface area contributed by atoms with Gasteiger partial charge >= 0.3 is 5.97 Å². The summed E-state index contributed by atoms with van der Waals surface area (Å²) in [5, 5.41) is 51.7. The van der Waals surface area contributed by atoms with E-state index in [0.717, 1.165) is 13.2 Å². The second-order valence-electron chi connectivity index (χ2n) is 7.85. The SMILES string of the molecule is COC(=O)c1c(C)cc(O)c(C=O)c1Oc1c(C)cc(O)c(Cc2c(C)cc(O)cc2O)c1O. The Morgan fingerprint density at radius 3 is 2.03 bits per heavy atom. The van der Waals surface area contributed by atoms with Crippen molar-refractivity contribution in [2.24, 2.45) is 0 Å². The smallest absolute Gasteiger partial charge is 0.341 e. The van der Waals surface area contributed by atoms with E-state index in [2.05, 4.69) is 0 Å². The molecule has 3 aromatic rings. The molecule has 178 valence electrons. The predicted octanol–water partition coefficient (Wildman–Crippen LogP) is 4.12. The maximum atomic E-state index is 12.4. The van der Waals surface area contributed by atoms with Gasteiger partial charge in [-0.3, -0.25) is 4.79 Å². The van der Waals surface area contributed by atoms with Crippen molar-refractivity contribution in [1.29, 1.82) is 0 Å². The van der Waals surface area contributed by atoms with Crippen LogP contribution in [0.1, 0.15) is 48.5 Å². The molecule has 0 radical (unpaired) electrons. The predicted molar refractivity (Wildman–Crippen MR) is 121 cm³/mol. The molecule has 0 amide bonds. The van der Waals surface area contributed by atoms with Crippen LogP contribution in [0.2, 0.25) is 0 Å². The number of hydrogen-bond acceptors (Lipinski definition) is 9. The monoisotopic (exact) mass is 468 g/mol. The van der Waals surface area contributed by atoms with E-state index in [0.29, 0.717) is 17.4 Å². The summed E-state index contributed by atoms with van der Waals surface area (Å²) in [7, 11) is 1.15. The van der Waals surface area contributed by atoms with Crippen LogP contribution in [0, 0.1) is 20.8 Å². The van der Waals surface area contributed by atoms with Gasteiger partial charge in [0.15, 0.2) is 23.5 Å². The molecule has 3 aromatic carbocycles. The number of rotatable bonds is 6. The van der Waals surface area contributed by atoms with Crippen LogP contribution in [-0.2, 0) is 11.2 Å². The Hall–Kier alpha value is -4.40.